The number of anilines is 1. The first kappa shape index (κ1) is 13.4. The average molecular weight is 282 g/mol. The highest BCUT2D eigenvalue weighted by Crippen LogP contribution is 2.32. The summed E-state index contributed by atoms with van der Waals surface area (Å²) in [5.41, 5.74) is 1.97. The van der Waals surface area contributed by atoms with Crippen LogP contribution in [0.1, 0.15) is 5.56 Å². The Bertz CT molecular complexity index is 421. The van der Waals surface area contributed by atoms with Crippen molar-refractivity contribution in [2.45, 2.75) is 6.18 Å². The minimum Gasteiger partial charge on any atom is -0.379 e. The molecule has 1 aliphatic rings. The Balaban J connectivity index is 2.14. The molecule has 0 saturated carbocycles. The summed E-state index contributed by atoms with van der Waals surface area (Å²) in [5.74, 6) is 0.0803. The van der Waals surface area contributed by atoms with Crippen molar-refractivity contribution in [1.29, 1.82) is 0 Å². The maximum absolute atomic E-state index is 12.6. The van der Waals surface area contributed by atoms with E-state index < -0.39 is 11.7 Å². The lowest BCUT2D eigenvalue weighted by Gasteiger charge is -2.27. The van der Waals surface area contributed by atoms with Crippen LogP contribution in [0.15, 0.2) is 12.1 Å². The third-order valence-corrected chi connectivity index (χ3v) is 2.60. The number of halogens is 4. The highest BCUT2D eigenvalue weighted by Gasteiger charge is 2.31. The van der Waals surface area contributed by atoms with Crippen LogP contribution in [0.3, 0.4) is 0 Å². The number of rotatable bonds is 2. The first-order valence-corrected chi connectivity index (χ1v) is 5.67. The molecule has 2 rings (SSSR count). The van der Waals surface area contributed by atoms with E-state index in [1.807, 2.05) is 0 Å². The van der Waals surface area contributed by atoms with Crippen LogP contribution in [-0.2, 0) is 10.9 Å². The second-order valence-corrected chi connectivity index (χ2v) is 4.16. The van der Waals surface area contributed by atoms with Gasteiger partial charge in [0.2, 0.25) is 0 Å². The van der Waals surface area contributed by atoms with Crippen molar-refractivity contribution in [3.05, 3.63) is 22.8 Å². The predicted molar refractivity (Wildman–Crippen MR) is 60.3 cm³/mol. The van der Waals surface area contributed by atoms with E-state index in [1.165, 1.54) is 0 Å². The molecule has 0 unspecified atom stereocenters. The summed E-state index contributed by atoms with van der Waals surface area (Å²) in [7, 11) is 0. The molecule has 100 valence electrons. The van der Waals surface area contributed by atoms with Gasteiger partial charge in [-0.15, -0.1) is 0 Å². The lowest BCUT2D eigenvalue weighted by Crippen LogP contribution is -2.40. The van der Waals surface area contributed by atoms with Crippen molar-refractivity contribution < 1.29 is 17.9 Å². The van der Waals surface area contributed by atoms with Crippen molar-refractivity contribution in [3.8, 4) is 0 Å². The SMILES string of the molecule is FC(F)(F)c1cc(Cl)nc(NN2CCOCC2)c1. The number of pyridine rings is 1. The van der Waals surface area contributed by atoms with Gasteiger partial charge in [0.1, 0.15) is 11.0 Å². The van der Waals surface area contributed by atoms with Gasteiger partial charge in [0.15, 0.2) is 0 Å². The molecule has 0 radical (unpaired) electrons. The zero-order valence-corrected chi connectivity index (χ0v) is 10.1. The number of nitrogens with one attached hydrogen (secondary N) is 1. The number of aromatic nitrogens is 1. The molecule has 0 atom stereocenters. The molecule has 0 amide bonds. The van der Waals surface area contributed by atoms with E-state index in [1.54, 1.807) is 5.01 Å². The maximum Gasteiger partial charge on any atom is 0.416 e. The fraction of sp³-hybridized carbons (Fsp3) is 0.500. The quantitative estimate of drug-likeness (QED) is 0.845. The Hall–Kier alpha value is -1.05. The fourth-order valence-electron chi connectivity index (χ4n) is 1.55. The fourth-order valence-corrected chi connectivity index (χ4v) is 1.76. The summed E-state index contributed by atoms with van der Waals surface area (Å²) in [4.78, 5) is 3.81. The molecule has 2 heterocycles. The number of ether oxygens (including phenoxy) is 1. The lowest BCUT2D eigenvalue weighted by atomic mass is 10.2. The third kappa shape index (κ3) is 3.47. The molecule has 1 aromatic rings. The molecular weight excluding hydrogens is 271 g/mol. The van der Waals surface area contributed by atoms with Crippen LogP contribution in [0.5, 0.6) is 0 Å². The molecule has 1 aromatic heterocycles. The second-order valence-electron chi connectivity index (χ2n) is 3.77. The number of morpholine rings is 1. The van der Waals surface area contributed by atoms with Gasteiger partial charge >= 0.3 is 6.18 Å². The van der Waals surface area contributed by atoms with Crippen LogP contribution >= 0.6 is 11.6 Å². The Kier molecular flexibility index (Phi) is 3.94. The minimum absolute atomic E-state index is 0.0803. The third-order valence-electron chi connectivity index (χ3n) is 2.41. The molecule has 0 aromatic carbocycles. The van der Waals surface area contributed by atoms with Crippen LogP contribution in [0.25, 0.3) is 0 Å². The molecule has 0 spiro atoms. The molecule has 18 heavy (non-hydrogen) atoms. The molecule has 1 fully saturated rings. The molecule has 0 bridgehead atoms. The Morgan fingerprint density at radius 3 is 2.56 bits per heavy atom. The van der Waals surface area contributed by atoms with E-state index in [4.69, 9.17) is 16.3 Å². The Morgan fingerprint density at radius 2 is 1.94 bits per heavy atom. The first-order chi connectivity index (χ1) is 8.45. The van der Waals surface area contributed by atoms with E-state index in [9.17, 15) is 13.2 Å². The molecule has 1 aliphatic heterocycles. The number of hydrogen-bond acceptors (Lipinski definition) is 4. The van der Waals surface area contributed by atoms with Crippen molar-refractivity contribution in [2.24, 2.45) is 0 Å². The largest absolute Gasteiger partial charge is 0.416 e. The summed E-state index contributed by atoms with van der Waals surface area (Å²) in [6, 6.07) is 1.73. The lowest BCUT2D eigenvalue weighted by molar-refractivity contribution is -0.137. The summed E-state index contributed by atoms with van der Waals surface area (Å²) in [6.07, 6.45) is -4.44. The molecule has 1 saturated heterocycles. The molecule has 0 aliphatic carbocycles. The van der Waals surface area contributed by atoms with Crippen LogP contribution in [-0.4, -0.2) is 36.3 Å². The van der Waals surface area contributed by atoms with E-state index in [-0.39, 0.29) is 11.0 Å². The van der Waals surface area contributed by atoms with Crippen LogP contribution in [0.4, 0.5) is 19.0 Å². The predicted octanol–water partition coefficient (Wildman–Crippen LogP) is 2.41. The molecule has 4 nitrogen and oxygen atoms in total. The average Bonchev–Trinajstić information content (AvgIpc) is 2.28. The highest BCUT2D eigenvalue weighted by molar-refractivity contribution is 6.29. The monoisotopic (exact) mass is 281 g/mol. The van der Waals surface area contributed by atoms with Gasteiger partial charge in [-0.1, -0.05) is 11.6 Å². The smallest absolute Gasteiger partial charge is 0.379 e. The number of hydrogen-bond donors (Lipinski definition) is 1. The topological polar surface area (TPSA) is 37.4 Å². The number of alkyl halides is 3. The maximum atomic E-state index is 12.6. The summed E-state index contributed by atoms with van der Waals surface area (Å²) >= 11 is 5.58. The summed E-state index contributed by atoms with van der Waals surface area (Å²) in [6.45, 7) is 2.21. The zero-order valence-electron chi connectivity index (χ0n) is 9.30. The van der Waals surface area contributed by atoms with E-state index in [2.05, 4.69) is 10.4 Å². The van der Waals surface area contributed by atoms with Crippen molar-refractivity contribution in [2.75, 3.05) is 31.7 Å². The molecule has 8 heteroatoms. The standard InChI is InChI=1S/C10H11ClF3N3O/c11-8-5-7(10(12,13)14)6-9(15-8)16-17-1-3-18-4-2-17/h5-6H,1-4H2,(H,15,16). The minimum atomic E-state index is -4.44. The van der Waals surface area contributed by atoms with Gasteiger partial charge in [0, 0.05) is 13.1 Å². The van der Waals surface area contributed by atoms with Crippen molar-refractivity contribution in [1.82, 2.24) is 9.99 Å². The number of hydrazine groups is 1. The van der Waals surface area contributed by atoms with Crippen molar-refractivity contribution >= 4 is 17.4 Å². The van der Waals surface area contributed by atoms with E-state index >= 15 is 0 Å². The van der Waals surface area contributed by atoms with Gasteiger partial charge in [-0.2, -0.15) is 13.2 Å². The van der Waals surface area contributed by atoms with Gasteiger partial charge in [-0.25, -0.2) is 9.99 Å². The normalized spacial score (nSPS) is 17.8. The second kappa shape index (κ2) is 5.29. The van der Waals surface area contributed by atoms with Crippen molar-refractivity contribution in [3.63, 3.8) is 0 Å². The molecule has 1 N–H and O–H groups in total. The van der Waals surface area contributed by atoms with Crippen LogP contribution in [0.2, 0.25) is 5.15 Å². The zero-order chi connectivity index (χ0) is 13.2. The van der Waals surface area contributed by atoms with Gasteiger partial charge in [-0.3, -0.25) is 0 Å². The highest BCUT2D eigenvalue weighted by atomic mass is 35.5. The van der Waals surface area contributed by atoms with Crippen LogP contribution < -0.4 is 5.43 Å². The van der Waals surface area contributed by atoms with Crippen LogP contribution in [0, 0.1) is 0 Å². The van der Waals surface area contributed by atoms with Gasteiger partial charge in [0.25, 0.3) is 0 Å². The van der Waals surface area contributed by atoms with E-state index in [0.717, 1.165) is 12.1 Å². The Labute approximate surface area is 107 Å². The van der Waals surface area contributed by atoms with Gasteiger partial charge in [-0.05, 0) is 12.1 Å². The van der Waals surface area contributed by atoms with Gasteiger partial charge in [0.05, 0.1) is 18.8 Å². The first-order valence-electron chi connectivity index (χ1n) is 5.29. The number of nitrogens with zero attached hydrogens (tertiary/aromatic N) is 2. The van der Waals surface area contributed by atoms with E-state index in [0.29, 0.717) is 26.3 Å². The summed E-state index contributed by atoms with van der Waals surface area (Å²) < 4.78 is 42.9. The summed E-state index contributed by atoms with van der Waals surface area (Å²) in [5, 5.41) is 1.54. The molecular formula is C10H11ClF3N3O. The Morgan fingerprint density at radius 1 is 1.28 bits per heavy atom. The van der Waals surface area contributed by atoms with Gasteiger partial charge < -0.3 is 10.2 Å².